The van der Waals surface area contributed by atoms with Crippen molar-refractivity contribution in [3.05, 3.63) is 101 Å². The van der Waals surface area contributed by atoms with Gasteiger partial charge >= 0.3 is 5.63 Å². The lowest BCUT2D eigenvalue weighted by Gasteiger charge is -2.12. The van der Waals surface area contributed by atoms with E-state index in [0.29, 0.717) is 11.3 Å². The summed E-state index contributed by atoms with van der Waals surface area (Å²) >= 11 is 1.70. The number of hydrogen-bond donors (Lipinski definition) is 0. The van der Waals surface area contributed by atoms with E-state index in [1.165, 1.54) is 10.5 Å². The summed E-state index contributed by atoms with van der Waals surface area (Å²) in [5.41, 5.74) is 5.06. The van der Waals surface area contributed by atoms with Crippen molar-refractivity contribution < 1.29 is 4.42 Å². The quantitative estimate of drug-likeness (QED) is 0.368. The molecule has 4 aromatic rings. The van der Waals surface area contributed by atoms with Crippen LogP contribution >= 0.6 is 11.8 Å². The minimum Gasteiger partial charge on any atom is -0.422 e. The van der Waals surface area contributed by atoms with Crippen LogP contribution in [0.4, 0.5) is 0 Å². The topological polar surface area (TPSA) is 30.2 Å². The molecule has 0 spiro atoms. The summed E-state index contributed by atoms with van der Waals surface area (Å²) in [5.74, 6) is 0.577. The molecule has 0 fully saturated rings. The number of aryl methyl sites for hydroxylation is 1. The van der Waals surface area contributed by atoms with Gasteiger partial charge in [0.1, 0.15) is 5.76 Å². The summed E-state index contributed by atoms with van der Waals surface area (Å²) in [6.07, 6.45) is 2.05. The second-order valence-corrected chi connectivity index (χ2v) is 7.53. The fraction of sp³-hybridized carbons (Fsp3) is 0.0800. The molecule has 4 rings (SSSR count). The standard InChI is InChI=1S/C25H20O2S/c1-17-8-10-19(11-9-17)23-16-22(18-12-14-21(28-2)15-13-18)24(25(26)27-23)20-6-4-3-5-7-20/h3-16H,1-2H3. The Labute approximate surface area is 168 Å². The monoisotopic (exact) mass is 384 g/mol. The van der Waals surface area contributed by atoms with Crippen LogP contribution in [0.1, 0.15) is 5.56 Å². The highest BCUT2D eigenvalue weighted by Crippen LogP contribution is 2.34. The second-order valence-electron chi connectivity index (χ2n) is 6.65. The molecule has 0 bridgehead atoms. The highest BCUT2D eigenvalue weighted by Gasteiger charge is 2.16. The Kier molecular flexibility index (Phi) is 5.18. The van der Waals surface area contributed by atoms with E-state index in [9.17, 15) is 4.79 Å². The third kappa shape index (κ3) is 3.67. The summed E-state index contributed by atoms with van der Waals surface area (Å²) < 4.78 is 5.74. The Balaban J connectivity index is 1.95. The van der Waals surface area contributed by atoms with E-state index in [1.54, 1.807) is 11.8 Å². The van der Waals surface area contributed by atoms with E-state index in [1.807, 2.05) is 67.6 Å². The molecule has 0 aliphatic heterocycles. The Hall–Kier alpha value is -3.04. The molecule has 3 heteroatoms. The van der Waals surface area contributed by atoms with Crippen LogP contribution in [0, 0.1) is 6.92 Å². The molecule has 0 radical (unpaired) electrons. The van der Waals surface area contributed by atoms with Crippen molar-refractivity contribution in [3.63, 3.8) is 0 Å². The van der Waals surface area contributed by atoms with Gasteiger partial charge in [0.2, 0.25) is 0 Å². The highest BCUT2D eigenvalue weighted by atomic mass is 32.2. The first kappa shape index (κ1) is 18.3. The summed E-state index contributed by atoms with van der Waals surface area (Å²) in [5, 5.41) is 0. The van der Waals surface area contributed by atoms with Crippen LogP contribution in [0.15, 0.2) is 99.0 Å². The van der Waals surface area contributed by atoms with E-state index in [2.05, 4.69) is 30.5 Å². The molecule has 1 heterocycles. The predicted molar refractivity (Wildman–Crippen MR) is 118 cm³/mol. The van der Waals surface area contributed by atoms with Gasteiger partial charge in [-0.1, -0.05) is 72.3 Å². The average molecular weight is 385 g/mol. The average Bonchev–Trinajstić information content (AvgIpc) is 2.74. The van der Waals surface area contributed by atoms with Crippen LogP contribution < -0.4 is 5.63 Å². The predicted octanol–water partition coefficient (Wildman–Crippen LogP) is 6.67. The van der Waals surface area contributed by atoms with E-state index >= 15 is 0 Å². The van der Waals surface area contributed by atoms with Gasteiger partial charge in [-0.3, -0.25) is 0 Å². The van der Waals surface area contributed by atoms with Crippen LogP contribution in [-0.2, 0) is 0 Å². The second kappa shape index (κ2) is 7.91. The molecule has 0 unspecified atom stereocenters. The zero-order chi connectivity index (χ0) is 19.5. The number of benzene rings is 3. The van der Waals surface area contributed by atoms with Crippen molar-refractivity contribution in [2.75, 3.05) is 6.26 Å². The van der Waals surface area contributed by atoms with Crippen LogP contribution in [0.2, 0.25) is 0 Å². The molecule has 3 aromatic carbocycles. The van der Waals surface area contributed by atoms with Crippen molar-refractivity contribution in [3.8, 4) is 33.6 Å². The van der Waals surface area contributed by atoms with Gasteiger partial charge in [-0.2, -0.15) is 0 Å². The molecule has 1 aromatic heterocycles. The van der Waals surface area contributed by atoms with Gasteiger partial charge in [-0.25, -0.2) is 4.79 Å². The molecule has 0 saturated carbocycles. The van der Waals surface area contributed by atoms with Gasteiger partial charge < -0.3 is 4.42 Å². The van der Waals surface area contributed by atoms with Gasteiger partial charge in [0.15, 0.2) is 0 Å². The molecule has 2 nitrogen and oxygen atoms in total. The van der Waals surface area contributed by atoms with E-state index < -0.39 is 0 Å². The molecule has 0 atom stereocenters. The largest absolute Gasteiger partial charge is 0.422 e. The molecule has 28 heavy (non-hydrogen) atoms. The smallest absolute Gasteiger partial charge is 0.344 e. The van der Waals surface area contributed by atoms with Gasteiger partial charge in [0.25, 0.3) is 0 Å². The SMILES string of the molecule is CSc1ccc(-c2cc(-c3ccc(C)cc3)oc(=O)c2-c2ccccc2)cc1. The fourth-order valence-corrected chi connectivity index (χ4v) is 3.64. The zero-order valence-corrected chi connectivity index (χ0v) is 16.6. The van der Waals surface area contributed by atoms with Crippen molar-refractivity contribution >= 4 is 11.8 Å². The molecular formula is C25H20O2S. The zero-order valence-electron chi connectivity index (χ0n) is 15.8. The van der Waals surface area contributed by atoms with Gasteiger partial charge in [-0.05, 0) is 42.5 Å². The molecule has 0 saturated heterocycles. The maximum atomic E-state index is 13.0. The van der Waals surface area contributed by atoms with E-state index in [4.69, 9.17) is 4.42 Å². The van der Waals surface area contributed by atoms with E-state index in [0.717, 1.165) is 22.3 Å². The Morgan fingerprint density at radius 3 is 2.04 bits per heavy atom. The van der Waals surface area contributed by atoms with Gasteiger partial charge in [0, 0.05) is 16.0 Å². The number of hydrogen-bond acceptors (Lipinski definition) is 3. The highest BCUT2D eigenvalue weighted by molar-refractivity contribution is 7.98. The van der Waals surface area contributed by atoms with Crippen molar-refractivity contribution in [1.82, 2.24) is 0 Å². The van der Waals surface area contributed by atoms with Crippen LogP contribution in [0.5, 0.6) is 0 Å². The lowest BCUT2D eigenvalue weighted by atomic mass is 9.95. The van der Waals surface area contributed by atoms with Crippen molar-refractivity contribution in [2.24, 2.45) is 0 Å². The number of rotatable bonds is 4. The third-order valence-corrected chi connectivity index (χ3v) is 5.49. The summed E-state index contributed by atoms with van der Waals surface area (Å²) in [6.45, 7) is 2.04. The van der Waals surface area contributed by atoms with Gasteiger partial charge in [0.05, 0.1) is 5.56 Å². The van der Waals surface area contributed by atoms with Crippen molar-refractivity contribution in [2.45, 2.75) is 11.8 Å². The third-order valence-electron chi connectivity index (χ3n) is 4.75. The Morgan fingerprint density at radius 1 is 0.750 bits per heavy atom. The summed E-state index contributed by atoms with van der Waals surface area (Å²) in [4.78, 5) is 14.2. The summed E-state index contributed by atoms with van der Waals surface area (Å²) in [6, 6.07) is 28.0. The van der Waals surface area contributed by atoms with Crippen LogP contribution in [0.3, 0.4) is 0 Å². The lowest BCUT2D eigenvalue weighted by molar-refractivity contribution is 0.529. The minimum atomic E-state index is -0.326. The van der Waals surface area contributed by atoms with E-state index in [-0.39, 0.29) is 5.63 Å². The normalized spacial score (nSPS) is 10.8. The fourth-order valence-electron chi connectivity index (χ4n) is 3.23. The lowest BCUT2D eigenvalue weighted by Crippen LogP contribution is -2.06. The molecular weight excluding hydrogens is 364 g/mol. The molecule has 138 valence electrons. The minimum absolute atomic E-state index is 0.326. The summed E-state index contributed by atoms with van der Waals surface area (Å²) in [7, 11) is 0. The maximum absolute atomic E-state index is 13.0. The first-order valence-electron chi connectivity index (χ1n) is 9.11. The number of thioether (sulfide) groups is 1. The Morgan fingerprint density at radius 2 is 1.39 bits per heavy atom. The molecule has 0 aliphatic rings. The molecule has 0 N–H and O–H groups in total. The van der Waals surface area contributed by atoms with Crippen LogP contribution in [0.25, 0.3) is 33.6 Å². The van der Waals surface area contributed by atoms with Crippen molar-refractivity contribution in [1.29, 1.82) is 0 Å². The molecule has 0 aliphatic carbocycles. The molecule has 0 amide bonds. The van der Waals surface area contributed by atoms with Gasteiger partial charge in [-0.15, -0.1) is 11.8 Å². The first-order valence-corrected chi connectivity index (χ1v) is 10.3. The first-order chi connectivity index (χ1) is 13.7. The Bertz CT molecular complexity index is 1140. The maximum Gasteiger partial charge on any atom is 0.344 e. The van der Waals surface area contributed by atoms with Crippen LogP contribution in [-0.4, -0.2) is 6.26 Å².